The van der Waals surface area contributed by atoms with E-state index in [0.29, 0.717) is 12.1 Å². The van der Waals surface area contributed by atoms with E-state index in [9.17, 15) is 8.42 Å². The van der Waals surface area contributed by atoms with Gasteiger partial charge in [-0.25, -0.2) is 12.7 Å². The van der Waals surface area contributed by atoms with Gasteiger partial charge in [0.1, 0.15) is 4.58 Å². The van der Waals surface area contributed by atoms with Crippen molar-refractivity contribution in [3.05, 3.63) is 54.1 Å². The molecule has 0 amide bonds. The molecule has 0 saturated carbocycles. The number of nitrogens with one attached hydrogen (secondary N) is 1. The topological polar surface area (TPSA) is 49.4 Å². The zero-order chi connectivity index (χ0) is 17.2. The average molecular weight is 363 g/mol. The van der Waals surface area contributed by atoms with E-state index in [1.165, 1.54) is 16.1 Å². The largest absolute Gasteiger partial charge is 0.320 e. The molecule has 3 rings (SSSR count). The smallest absolute Gasteiger partial charge is 0.252 e. The number of fused-ring (bicyclic) bond motifs is 1. The van der Waals surface area contributed by atoms with Crippen LogP contribution in [0.4, 0.5) is 11.4 Å². The number of benzene rings is 2. The Morgan fingerprint density at radius 2 is 1.83 bits per heavy atom. The van der Waals surface area contributed by atoms with Gasteiger partial charge in [0, 0.05) is 4.90 Å². The monoisotopic (exact) mass is 362 g/mol. The van der Waals surface area contributed by atoms with Gasteiger partial charge in [0.05, 0.1) is 11.4 Å². The Morgan fingerprint density at radius 3 is 2.54 bits per heavy atom. The summed E-state index contributed by atoms with van der Waals surface area (Å²) < 4.78 is 27.5. The first-order chi connectivity index (χ1) is 11.5. The van der Waals surface area contributed by atoms with Crippen LogP contribution in [0.2, 0.25) is 0 Å². The number of rotatable bonds is 5. The molecular formula is C18H22N2O2S2. The van der Waals surface area contributed by atoms with Gasteiger partial charge in [-0.15, -0.1) is 11.8 Å². The van der Waals surface area contributed by atoms with E-state index in [-0.39, 0.29) is 0 Å². The molecule has 1 unspecified atom stereocenters. The van der Waals surface area contributed by atoms with Crippen LogP contribution in [0.25, 0.3) is 0 Å². The van der Waals surface area contributed by atoms with Gasteiger partial charge in [-0.1, -0.05) is 29.8 Å². The highest BCUT2D eigenvalue weighted by molar-refractivity contribution is 8.14. The number of hydrogen-bond donors (Lipinski definition) is 1. The Morgan fingerprint density at radius 1 is 1.12 bits per heavy atom. The first-order valence-corrected chi connectivity index (χ1v) is 10.4. The molecule has 0 bridgehead atoms. The van der Waals surface area contributed by atoms with E-state index < -0.39 is 14.6 Å². The summed E-state index contributed by atoms with van der Waals surface area (Å²) in [7, 11) is -1.57. The summed E-state index contributed by atoms with van der Waals surface area (Å²) in [6.07, 6.45) is 1.46. The van der Waals surface area contributed by atoms with Crippen molar-refractivity contribution in [3.8, 4) is 0 Å². The van der Waals surface area contributed by atoms with Gasteiger partial charge >= 0.3 is 0 Å². The third kappa shape index (κ3) is 3.31. The van der Waals surface area contributed by atoms with Crippen LogP contribution >= 0.6 is 11.8 Å². The van der Waals surface area contributed by atoms with E-state index >= 15 is 0 Å². The number of nitrogens with zero attached hydrogens (tertiary/aromatic N) is 1. The molecular weight excluding hydrogens is 340 g/mol. The Kier molecular flexibility index (Phi) is 5.18. The molecule has 0 radical (unpaired) electrons. The standard InChI is InChI=1S/C18H22N2O2S2/c1-14-9-11-15(12-10-14)20-16-6-3-4-7-17(16)23-18(24(20,21)22)8-5-13-19-2/h3-4,6-7,9-12,18-19H,5,8,13H2,1-2H3. The number of hydrogen-bond acceptors (Lipinski definition) is 4. The van der Waals surface area contributed by atoms with E-state index in [2.05, 4.69) is 5.32 Å². The van der Waals surface area contributed by atoms with Gasteiger partial charge in [-0.05, 0) is 57.6 Å². The van der Waals surface area contributed by atoms with Gasteiger partial charge in [0.15, 0.2) is 0 Å². The highest BCUT2D eigenvalue weighted by Crippen LogP contribution is 2.47. The van der Waals surface area contributed by atoms with Crippen molar-refractivity contribution in [3.63, 3.8) is 0 Å². The molecule has 0 aliphatic carbocycles. The minimum atomic E-state index is -3.46. The molecule has 2 aromatic rings. The van der Waals surface area contributed by atoms with E-state index in [1.807, 2.05) is 62.5 Å². The van der Waals surface area contributed by atoms with Crippen molar-refractivity contribution in [2.24, 2.45) is 0 Å². The Bertz CT molecular complexity index is 804. The molecule has 2 aromatic carbocycles. The maximum Gasteiger partial charge on any atom is 0.252 e. The van der Waals surface area contributed by atoms with Gasteiger partial charge in [-0.2, -0.15) is 0 Å². The minimum absolute atomic E-state index is 0.456. The van der Waals surface area contributed by atoms with Crippen LogP contribution in [0.5, 0.6) is 0 Å². The summed E-state index contributed by atoms with van der Waals surface area (Å²) in [4.78, 5) is 1.02. The van der Waals surface area contributed by atoms with E-state index in [0.717, 1.165) is 29.1 Å². The predicted octanol–water partition coefficient (Wildman–Crippen LogP) is 3.89. The van der Waals surface area contributed by atoms with Crippen LogP contribution < -0.4 is 9.62 Å². The molecule has 0 saturated heterocycles. The Labute approximate surface area is 148 Å². The fraction of sp³-hybridized carbons (Fsp3) is 0.333. The summed E-state index contributed by atoms with van der Waals surface area (Å²) in [5.41, 5.74) is 2.56. The van der Waals surface area contributed by atoms with Gasteiger partial charge in [-0.3, -0.25) is 0 Å². The van der Waals surface area contributed by atoms with Crippen molar-refractivity contribution >= 4 is 33.2 Å². The fourth-order valence-electron chi connectivity index (χ4n) is 2.80. The predicted molar refractivity (Wildman–Crippen MR) is 101 cm³/mol. The summed E-state index contributed by atoms with van der Waals surface area (Å²) in [6, 6.07) is 15.4. The minimum Gasteiger partial charge on any atom is -0.320 e. The molecule has 0 fully saturated rings. The van der Waals surface area contributed by atoms with Crippen molar-refractivity contribution in [2.75, 3.05) is 17.9 Å². The third-order valence-corrected chi connectivity index (χ3v) is 8.00. The van der Waals surface area contributed by atoms with Crippen molar-refractivity contribution < 1.29 is 8.42 Å². The molecule has 1 aliphatic rings. The van der Waals surface area contributed by atoms with Gasteiger partial charge in [0.25, 0.3) is 10.0 Å². The molecule has 1 aliphatic heterocycles. The highest BCUT2D eigenvalue weighted by atomic mass is 32.3. The maximum absolute atomic E-state index is 13.2. The molecule has 6 heteroatoms. The van der Waals surface area contributed by atoms with E-state index in [1.54, 1.807) is 0 Å². The molecule has 1 atom stereocenters. The summed E-state index contributed by atoms with van der Waals surface area (Å²) >= 11 is 1.46. The second kappa shape index (κ2) is 7.17. The lowest BCUT2D eigenvalue weighted by Crippen LogP contribution is -2.37. The van der Waals surface area contributed by atoms with Crippen molar-refractivity contribution in [2.45, 2.75) is 29.2 Å². The van der Waals surface area contributed by atoms with Crippen LogP contribution in [0.1, 0.15) is 18.4 Å². The zero-order valence-corrected chi connectivity index (χ0v) is 15.5. The second-order valence-corrected chi connectivity index (χ2v) is 9.41. The van der Waals surface area contributed by atoms with Crippen LogP contribution in [0.3, 0.4) is 0 Å². The molecule has 1 N–H and O–H groups in total. The van der Waals surface area contributed by atoms with E-state index in [4.69, 9.17) is 0 Å². The lowest BCUT2D eigenvalue weighted by molar-refractivity contribution is 0.584. The number of aryl methyl sites for hydroxylation is 1. The number of sulfonamides is 1. The molecule has 24 heavy (non-hydrogen) atoms. The molecule has 4 nitrogen and oxygen atoms in total. The molecule has 0 aromatic heterocycles. The zero-order valence-electron chi connectivity index (χ0n) is 13.9. The number of para-hydroxylation sites is 1. The van der Waals surface area contributed by atoms with Crippen LogP contribution in [0, 0.1) is 6.92 Å². The maximum atomic E-state index is 13.2. The summed E-state index contributed by atoms with van der Waals surface area (Å²) in [5.74, 6) is 0. The Hall–Kier alpha value is -1.50. The number of thioether (sulfide) groups is 1. The first kappa shape index (κ1) is 17.3. The number of anilines is 2. The van der Waals surface area contributed by atoms with Gasteiger partial charge < -0.3 is 5.32 Å². The molecule has 1 heterocycles. The average Bonchev–Trinajstić information content (AvgIpc) is 2.56. The fourth-order valence-corrected chi connectivity index (χ4v) is 6.47. The normalized spacial score (nSPS) is 19.1. The quantitative estimate of drug-likeness (QED) is 0.820. The summed E-state index contributed by atoms with van der Waals surface area (Å²) in [6.45, 7) is 2.82. The van der Waals surface area contributed by atoms with Crippen molar-refractivity contribution in [1.82, 2.24) is 5.32 Å². The Balaban J connectivity index is 2.05. The lowest BCUT2D eigenvalue weighted by Gasteiger charge is -2.35. The summed E-state index contributed by atoms with van der Waals surface area (Å²) in [5, 5.41) is 3.09. The van der Waals surface area contributed by atoms with Crippen LogP contribution in [0.15, 0.2) is 53.4 Å². The second-order valence-electron chi connectivity index (χ2n) is 5.91. The third-order valence-electron chi connectivity index (χ3n) is 4.06. The van der Waals surface area contributed by atoms with Crippen LogP contribution in [-0.2, 0) is 10.0 Å². The first-order valence-electron chi connectivity index (χ1n) is 8.05. The highest BCUT2D eigenvalue weighted by Gasteiger charge is 2.39. The molecule has 128 valence electrons. The SMILES string of the molecule is CNCCCC1Sc2ccccc2N(c2ccc(C)cc2)S1(=O)=O. The molecule has 0 spiro atoms. The van der Waals surface area contributed by atoms with Crippen molar-refractivity contribution in [1.29, 1.82) is 0 Å². The lowest BCUT2D eigenvalue weighted by atomic mass is 10.2. The van der Waals surface area contributed by atoms with Crippen LogP contribution in [-0.4, -0.2) is 26.6 Å². The van der Waals surface area contributed by atoms with Gasteiger partial charge in [0.2, 0.25) is 0 Å².